The molecule has 26 heavy (non-hydrogen) atoms. The van der Waals surface area contributed by atoms with Crippen LogP contribution in [0.1, 0.15) is 39.5 Å². The Bertz CT molecular complexity index is 822. The van der Waals surface area contributed by atoms with Crippen LogP contribution in [0.3, 0.4) is 0 Å². The molecule has 0 amide bonds. The first kappa shape index (κ1) is 21.0. The Morgan fingerprint density at radius 1 is 1.23 bits per heavy atom. The fourth-order valence-electron chi connectivity index (χ4n) is 2.88. The first-order valence-corrected chi connectivity index (χ1v) is 12.0. The van der Waals surface area contributed by atoms with Crippen LogP contribution in [0.15, 0.2) is 23.1 Å². The zero-order chi connectivity index (χ0) is 19.4. The predicted octanol–water partition coefficient (Wildman–Crippen LogP) is 2.44. The minimum atomic E-state index is -3.78. The highest BCUT2D eigenvalue weighted by Crippen LogP contribution is 2.33. The van der Waals surface area contributed by atoms with E-state index in [1.165, 1.54) is 21.7 Å². The molecule has 2 rings (SSSR count). The van der Waals surface area contributed by atoms with E-state index in [0.29, 0.717) is 31.8 Å². The molecule has 1 aromatic rings. The van der Waals surface area contributed by atoms with E-state index in [4.69, 9.17) is 4.74 Å². The summed E-state index contributed by atoms with van der Waals surface area (Å²) in [5.41, 5.74) is 0.371. The van der Waals surface area contributed by atoms with Crippen molar-refractivity contribution in [2.75, 3.05) is 36.8 Å². The lowest BCUT2D eigenvalue weighted by molar-refractivity contribution is 0.329. The van der Waals surface area contributed by atoms with Crippen LogP contribution in [0.25, 0.3) is 0 Å². The van der Waals surface area contributed by atoms with Crippen molar-refractivity contribution in [2.24, 2.45) is 0 Å². The van der Waals surface area contributed by atoms with Crippen molar-refractivity contribution in [1.29, 1.82) is 0 Å². The van der Waals surface area contributed by atoms with E-state index < -0.39 is 20.0 Å². The lowest BCUT2D eigenvalue weighted by Gasteiger charge is -2.29. The molecule has 0 spiro atoms. The molecule has 1 heterocycles. The minimum absolute atomic E-state index is 0.0104. The molecule has 1 fully saturated rings. The van der Waals surface area contributed by atoms with E-state index >= 15 is 0 Å². The van der Waals surface area contributed by atoms with Crippen molar-refractivity contribution in [3.05, 3.63) is 18.2 Å². The second-order valence-electron chi connectivity index (χ2n) is 6.34. The van der Waals surface area contributed by atoms with Crippen LogP contribution in [0.5, 0.6) is 5.75 Å². The van der Waals surface area contributed by atoms with Crippen molar-refractivity contribution in [2.45, 2.75) is 44.4 Å². The number of benzene rings is 1. The van der Waals surface area contributed by atoms with Gasteiger partial charge in [0.05, 0.1) is 18.0 Å². The summed E-state index contributed by atoms with van der Waals surface area (Å²) in [5.74, 6) is 0.326. The second-order valence-corrected chi connectivity index (χ2v) is 10.4. The third-order valence-electron chi connectivity index (χ3n) is 4.38. The molecule has 0 aromatic heterocycles. The van der Waals surface area contributed by atoms with Gasteiger partial charge in [-0.3, -0.25) is 4.31 Å². The zero-order valence-electron chi connectivity index (χ0n) is 15.6. The number of hydrogen-bond acceptors (Lipinski definition) is 5. The number of nitrogens with zero attached hydrogens (tertiary/aromatic N) is 2. The average Bonchev–Trinajstić information content (AvgIpc) is 2.60. The van der Waals surface area contributed by atoms with Gasteiger partial charge in [0, 0.05) is 20.1 Å². The molecule has 9 heteroatoms. The lowest BCUT2D eigenvalue weighted by atomic mass is 10.2. The maximum absolute atomic E-state index is 13.0. The topological polar surface area (TPSA) is 84.0 Å². The number of rotatable bonds is 8. The molecular weight excluding hydrogens is 376 g/mol. The second kappa shape index (κ2) is 8.58. The van der Waals surface area contributed by atoms with Crippen molar-refractivity contribution in [3.8, 4) is 5.75 Å². The van der Waals surface area contributed by atoms with Crippen molar-refractivity contribution in [3.63, 3.8) is 0 Å². The van der Waals surface area contributed by atoms with Crippen LogP contribution in [-0.2, 0) is 20.0 Å². The Morgan fingerprint density at radius 2 is 1.96 bits per heavy atom. The van der Waals surface area contributed by atoms with Gasteiger partial charge in [0.15, 0.2) is 0 Å². The Morgan fingerprint density at radius 3 is 2.58 bits per heavy atom. The van der Waals surface area contributed by atoms with Crippen LogP contribution in [0.2, 0.25) is 0 Å². The van der Waals surface area contributed by atoms with E-state index in [9.17, 15) is 16.8 Å². The van der Waals surface area contributed by atoms with Crippen LogP contribution >= 0.6 is 0 Å². The molecular formula is C17H28N2O5S2. The zero-order valence-corrected chi connectivity index (χ0v) is 17.3. The summed E-state index contributed by atoms with van der Waals surface area (Å²) in [4.78, 5) is 0.0104. The van der Waals surface area contributed by atoms with Gasteiger partial charge in [-0.25, -0.2) is 21.1 Å². The van der Waals surface area contributed by atoms with Gasteiger partial charge in [-0.15, -0.1) is 0 Å². The Kier molecular flexibility index (Phi) is 6.92. The van der Waals surface area contributed by atoms with Gasteiger partial charge in [-0.05, 0) is 44.4 Å². The Hall–Kier alpha value is -1.32. The molecule has 0 N–H and O–H groups in total. The summed E-state index contributed by atoms with van der Waals surface area (Å²) >= 11 is 0. The minimum Gasteiger partial charge on any atom is -0.492 e. The molecule has 1 aromatic carbocycles. The number of anilines is 1. The quantitative estimate of drug-likeness (QED) is 0.664. The van der Waals surface area contributed by atoms with E-state index in [1.807, 2.05) is 6.92 Å². The lowest BCUT2D eigenvalue weighted by Crippen LogP contribution is -2.38. The highest BCUT2D eigenvalue weighted by Gasteiger charge is 2.30. The fraction of sp³-hybridized carbons (Fsp3) is 0.647. The van der Waals surface area contributed by atoms with Gasteiger partial charge in [-0.2, -0.15) is 0 Å². The summed E-state index contributed by atoms with van der Waals surface area (Å²) in [6.45, 7) is 4.86. The molecule has 0 radical (unpaired) electrons. The van der Waals surface area contributed by atoms with Gasteiger partial charge in [-0.1, -0.05) is 13.3 Å². The first-order chi connectivity index (χ1) is 12.2. The molecule has 0 bridgehead atoms. The van der Waals surface area contributed by atoms with E-state index in [-0.39, 0.29) is 16.4 Å². The first-order valence-electron chi connectivity index (χ1n) is 8.97. The summed E-state index contributed by atoms with van der Waals surface area (Å²) in [6, 6.07) is 4.58. The fourth-order valence-corrected chi connectivity index (χ4v) is 5.86. The third-order valence-corrected chi connectivity index (χ3v) is 8.13. The average molecular weight is 405 g/mol. The van der Waals surface area contributed by atoms with Crippen LogP contribution < -0.4 is 9.04 Å². The van der Waals surface area contributed by atoms with Crippen molar-refractivity contribution >= 4 is 25.7 Å². The van der Waals surface area contributed by atoms with Gasteiger partial charge in [0.2, 0.25) is 20.0 Å². The molecule has 1 saturated heterocycles. The Labute approximate surface area is 157 Å². The molecule has 1 aliphatic rings. The largest absolute Gasteiger partial charge is 0.492 e. The highest BCUT2D eigenvalue weighted by molar-refractivity contribution is 7.92. The maximum atomic E-state index is 13.0. The molecule has 0 unspecified atom stereocenters. The van der Waals surface area contributed by atoms with Crippen molar-refractivity contribution in [1.82, 2.24) is 4.31 Å². The molecule has 7 nitrogen and oxygen atoms in total. The monoisotopic (exact) mass is 404 g/mol. The Balaban J connectivity index is 2.49. The number of sulfonamides is 2. The molecule has 0 saturated carbocycles. The predicted molar refractivity (Wildman–Crippen MR) is 103 cm³/mol. The van der Waals surface area contributed by atoms with Gasteiger partial charge in [0.25, 0.3) is 0 Å². The normalized spacial score (nSPS) is 17.5. The number of ether oxygens (including phenoxy) is 1. The van der Waals surface area contributed by atoms with Crippen molar-refractivity contribution < 1.29 is 21.6 Å². The summed E-state index contributed by atoms with van der Waals surface area (Å²) < 4.78 is 58.8. The maximum Gasteiger partial charge on any atom is 0.246 e. The SMILES string of the molecule is CCCCN(C)S(=O)(=O)c1cc(N2CCCCS2(=O)=O)ccc1OCC. The smallest absolute Gasteiger partial charge is 0.246 e. The van der Waals surface area contributed by atoms with Gasteiger partial charge >= 0.3 is 0 Å². The van der Waals surface area contributed by atoms with E-state index in [0.717, 1.165) is 19.3 Å². The molecule has 0 aliphatic carbocycles. The number of hydrogen-bond donors (Lipinski definition) is 0. The molecule has 0 atom stereocenters. The molecule has 1 aliphatic heterocycles. The van der Waals surface area contributed by atoms with Crippen LogP contribution in [0.4, 0.5) is 5.69 Å². The summed E-state index contributed by atoms with van der Waals surface area (Å²) in [6.07, 6.45) is 3.01. The van der Waals surface area contributed by atoms with E-state index in [2.05, 4.69) is 0 Å². The standard InChI is InChI=1S/C17H28N2O5S2/c1-4-6-11-18(3)26(22,23)17-14-15(9-10-16(17)24-5-2)19-12-7-8-13-25(19,20)21/h9-10,14H,4-8,11-13H2,1-3H3. The summed E-state index contributed by atoms with van der Waals surface area (Å²) in [7, 11) is -5.66. The summed E-state index contributed by atoms with van der Waals surface area (Å²) in [5, 5.41) is 0. The highest BCUT2D eigenvalue weighted by atomic mass is 32.2. The van der Waals surface area contributed by atoms with Crippen LogP contribution in [-0.4, -0.2) is 53.6 Å². The van der Waals surface area contributed by atoms with Gasteiger partial charge in [0.1, 0.15) is 10.6 Å². The third kappa shape index (κ3) is 4.50. The van der Waals surface area contributed by atoms with Gasteiger partial charge < -0.3 is 4.74 Å². The van der Waals surface area contributed by atoms with Crippen LogP contribution in [0, 0.1) is 0 Å². The molecule has 148 valence electrons. The van der Waals surface area contributed by atoms with E-state index in [1.54, 1.807) is 19.1 Å². The number of unbranched alkanes of at least 4 members (excludes halogenated alkanes) is 1.